The Morgan fingerprint density at radius 3 is 2.59 bits per heavy atom. The molecule has 1 saturated heterocycles. The highest BCUT2D eigenvalue weighted by Gasteiger charge is 2.23. The van der Waals surface area contributed by atoms with E-state index >= 15 is 0 Å². The molecule has 0 radical (unpaired) electrons. The molecule has 150 valence electrons. The minimum atomic E-state index is -1.27. The second-order valence-electron chi connectivity index (χ2n) is 6.33. The number of ether oxygens (including phenoxy) is 1. The number of carbonyl (C=O) groups excluding carboxylic acids is 2. The van der Waals surface area contributed by atoms with Gasteiger partial charge in [0, 0.05) is 38.2 Å². The molecule has 0 aromatic heterocycles. The number of esters is 1. The molecule has 1 fully saturated rings. The summed E-state index contributed by atoms with van der Waals surface area (Å²) in [7, 11) is 1.31. The first-order valence-corrected chi connectivity index (χ1v) is 8.52. The van der Waals surface area contributed by atoms with Gasteiger partial charge in [0.2, 0.25) is 5.91 Å². The van der Waals surface area contributed by atoms with Crippen molar-refractivity contribution >= 4 is 11.9 Å². The van der Waals surface area contributed by atoms with Gasteiger partial charge in [-0.05, 0) is 18.1 Å². The number of amides is 1. The maximum absolute atomic E-state index is 13.7. The Labute approximate surface area is 155 Å². The van der Waals surface area contributed by atoms with Gasteiger partial charge in [0.25, 0.3) is 0 Å². The van der Waals surface area contributed by atoms with Crippen molar-refractivity contribution in [2.24, 2.45) is 5.73 Å². The molecule has 0 spiro atoms. The van der Waals surface area contributed by atoms with Crippen LogP contribution in [0.1, 0.15) is 12.0 Å². The molecular weight excluding hydrogens is 365 g/mol. The summed E-state index contributed by atoms with van der Waals surface area (Å²) in [5.41, 5.74) is 8.76. The highest BCUT2D eigenvalue weighted by Crippen LogP contribution is 2.16. The molecule has 1 heterocycles. The van der Waals surface area contributed by atoms with E-state index in [9.17, 15) is 22.8 Å². The van der Waals surface area contributed by atoms with Crippen LogP contribution in [0.3, 0.4) is 0 Å². The first-order chi connectivity index (χ1) is 12.8. The Morgan fingerprint density at radius 2 is 1.89 bits per heavy atom. The number of methoxy groups -OCH3 is 1. The summed E-state index contributed by atoms with van der Waals surface area (Å²) in [6.45, 7) is 1.96. The quantitative estimate of drug-likeness (QED) is 0.534. The Morgan fingerprint density at radius 1 is 1.19 bits per heavy atom. The van der Waals surface area contributed by atoms with Crippen LogP contribution in [0.5, 0.6) is 0 Å². The lowest BCUT2D eigenvalue weighted by molar-refractivity contribution is -0.141. The molecule has 0 unspecified atom stereocenters. The van der Waals surface area contributed by atoms with Crippen LogP contribution in [0, 0.1) is 17.5 Å². The van der Waals surface area contributed by atoms with Crippen LogP contribution in [-0.2, 0) is 20.7 Å². The zero-order chi connectivity index (χ0) is 20.0. The van der Waals surface area contributed by atoms with Gasteiger partial charge in [-0.15, -0.1) is 0 Å². The summed E-state index contributed by atoms with van der Waals surface area (Å²) in [5.74, 6) is -3.99. The molecule has 1 amide bonds. The van der Waals surface area contributed by atoms with Crippen molar-refractivity contribution in [1.82, 2.24) is 15.3 Å². The van der Waals surface area contributed by atoms with Crippen LogP contribution in [0.4, 0.5) is 13.2 Å². The molecule has 7 nitrogen and oxygen atoms in total. The van der Waals surface area contributed by atoms with E-state index in [1.807, 2.05) is 4.90 Å². The summed E-state index contributed by atoms with van der Waals surface area (Å²) in [5, 5.41) is 1.40. The predicted molar refractivity (Wildman–Crippen MR) is 90.8 cm³/mol. The number of hydrogen-bond donors (Lipinski definition) is 2. The average molecular weight is 388 g/mol. The summed E-state index contributed by atoms with van der Waals surface area (Å²) >= 11 is 0. The molecule has 3 N–H and O–H groups in total. The van der Waals surface area contributed by atoms with Gasteiger partial charge in [0.15, 0.2) is 11.6 Å². The fraction of sp³-hybridized carbons (Fsp3) is 0.529. The third-order valence-corrected chi connectivity index (χ3v) is 4.26. The fourth-order valence-electron chi connectivity index (χ4n) is 2.80. The first-order valence-electron chi connectivity index (χ1n) is 8.52. The smallest absolute Gasteiger partial charge is 0.319 e. The lowest BCUT2D eigenvalue weighted by atomic mass is 10.0. The van der Waals surface area contributed by atoms with E-state index in [4.69, 9.17) is 5.73 Å². The monoisotopic (exact) mass is 388 g/mol. The van der Waals surface area contributed by atoms with Crippen molar-refractivity contribution in [3.63, 3.8) is 0 Å². The van der Waals surface area contributed by atoms with Gasteiger partial charge in [0.05, 0.1) is 20.2 Å². The summed E-state index contributed by atoms with van der Waals surface area (Å²) in [6, 6.07) is 0.461. The zero-order valence-corrected chi connectivity index (χ0v) is 15.0. The van der Waals surface area contributed by atoms with Crippen LogP contribution < -0.4 is 11.2 Å². The van der Waals surface area contributed by atoms with E-state index in [0.29, 0.717) is 32.2 Å². The van der Waals surface area contributed by atoms with Crippen molar-refractivity contribution in [3.8, 4) is 0 Å². The van der Waals surface area contributed by atoms with E-state index in [2.05, 4.69) is 10.2 Å². The molecule has 0 saturated carbocycles. The SMILES string of the molecule is COC(=O)CN1CCNN(C(=O)C[C@H](N)Cc2cc(F)c(F)cc2F)CC1. The molecule has 27 heavy (non-hydrogen) atoms. The average Bonchev–Trinajstić information content (AvgIpc) is 2.85. The number of carbonyl (C=O) groups is 2. The number of nitrogens with two attached hydrogens (primary N) is 1. The van der Waals surface area contributed by atoms with Crippen LogP contribution in [0.2, 0.25) is 0 Å². The maximum Gasteiger partial charge on any atom is 0.319 e. The molecule has 2 rings (SSSR count). The van der Waals surface area contributed by atoms with Gasteiger partial charge in [-0.3, -0.25) is 19.5 Å². The molecule has 10 heteroatoms. The molecule has 1 aromatic rings. The van der Waals surface area contributed by atoms with Crippen LogP contribution in [-0.4, -0.2) is 67.7 Å². The second-order valence-corrected chi connectivity index (χ2v) is 6.33. The summed E-state index contributed by atoms with van der Waals surface area (Å²) in [4.78, 5) is 25.6. The molecular formula is C17H23F3N4O3. The number of hydrogen-bond acceptors (Lipinski definition) is 6. The normalized spacial score (nSPS) is 16.7. The van der Waals surface area contributed by atoms with Crippen LogP contribution in [0.25, 0.3) is 0 Å². The summed E-state index contributed by atoms with van der Waals surface area (Å²) in [6.07, 6.45) is -0.195. The van der Waals surface area contributed by atoms with Crippen molar-refractivity contribution in [3.05, 3.63) is 35.1 Å². The third kappa shape index (κ3) is 6.19. The van der Waals surface area contributed by atoms with Gasteiger partial charge in [0.1, 0.15) is 5.82 Å². The first kappa shape index (κ1) is 21.1. The van der Waals surface area contributed by atoms with Gasteiger partial charge >= 0.3 is 5.97 Å². The third-order valence-electron chi connectivity index (χ3n) is 4.26. The van der Waals surface area contributed by atoms with Crippen LogP contribution >= 0.6 is 0 Å². The largest absolute Gasteiger partial charge is 0.468 e. The Balaban J connectivity index is 1.87. The number of nitrogens with one attached hydrogen (secondary N) is 1. The Hall–Kier alpha value is -2.17. The van der Waals surface area contributed by atoms with Gasteiger partial charge in [-0.2, -0.15) is 0 Å². The molecule has 0 aliphatic carbocycles. The van der Waals surface area contributed by atoms with E-state index in [1.165, 1.54) is 12.1 Å². The highest BCUT2D eigenvalue weighted by molar-refractivity contribution is 5.76. The molecule has 1 aliphatic rings. The van der Waals surface area contributed by atoms with Crippen molar-refractivity contribution in [1.29, 1.82) is 0 Å². The van der Waals surface area contributed by atoms with E-state index in [0.717, 1.165) is 6.07 Å². The lowest BCUT2D eigenvalue weighted by Gasteiger charge is -2.23. The Bertz CT molecular complexity index is 690. The van der Waals surface area contributed by atoms with Gasteiger partial charge in [-0.1, -0.05) is 0 Å². The van der Waals surface area contributed by atoms with Gasteiger partial charge in [-0.25, -0.2) is 18.6 Å². The number of nitrogens with zero attached hydrogens (tertiary/aromatic N) is 2. The predicted octanol–water partition coefficient (Wildman–Crippen LogP) is 0.186. The molecule has 0 bridgehead atoms. The van der Waals surface area contributed by atoms with Gasteiger partial charge < -0.3 is 10.5 Å². The minimum absolute atomic E-state index is 0.0812. The minimum Gasteiger partial charge on any atom is -0.468 e. The number of hydrazine groups is 1. The lowest BCUT2D eigenvalue weighted by Crippen LogP contribution is -2.46. The van der Waals surface area contributed by atoms with Crippen molar-refractivity contribution in [2.75, 3.05) is 39.8 Å². The summed E-state index contributed by atoms with van der Waals surface area (Å²) < 4.78 is 44.6. The molecule has 1 atom stereocenters. The van der Waals surface area contributed by atoms with E-state index < -0.39 is 23.5 Å². The second kappa shape index (κ2) is 9.67. The zero-order valence-electron chi connectivity index (χ0n) is 15.0. The molecule has 1 aromatic carbocycles. The topological polar surface area (TPSA) is 87.9 Å². The number of halogens is 3. The van der Waals surface area contributed by atoms with E-state index in [-0.39, 0.29) is 36.8 Å². The van der Waals surface area contributed by atoms with Crippen LogP contribution in [0.15, 0.2) is 12.1 Å². The van der Waals surface area contributed by atoms with E-state index in [1.54, 1.807) is 0 Å². The van der Waals surface area contributed by atoms with Crippen molar-refractivity contribution in [2.45, 2.75) is 18.9 Å². The maximum atomic E-state index is 13.7. The molecule has 1 aliphatic heterocycles. The van der Waals surface area contributed by atoms with Crippen molar-refractivity contribution < 1.29 is 27.5 Å². The fourth-order valence-corrected chi connectivity index (χ4v) is 2.80. The number of rotatable bonds is 6. The number of benzene rings is 1. The highest BCUT2D eigenvalue weighted by atomic mass is 19.2. The Kier molecular flexibility index (Phi) is 7.57. The standard InChI is InChI=1S/C17H23F3N4O3/c1-27-17(26)10-23-3-2-22-24(5-4-23)16(25)8-12(21)6-11-7-14(19)15(20)9-13(11)18/h7,9,12,22H,2-6,8,10,21H2,1H3/t12-/m1/s1.